The molecule has 5 rings (SSSR count). The van der Waals surface area contributed by atoms with Crippen molar-refractivity contribution in [2.75, 3.05) is 5.73 Å². The maximum Gasteiger partial charge on any atom is 0.131 e. The van der Waals surface area contributed by atoms with Crippen LogP contribution in [0.2, 0.25) is 0 Å². The monoisotopic (exact) mass is 423 g/mol. The van der Waals surface area contributed by atoms with Crippen molar-refractivity contribution in [1.29, 1.82) is 0 Å². The Morgan fingerprint density at radius 3 is 2.65 bits per heavy atom. The number of rotatable bonds is 4. The number of aromatic nitrogens is 4. The number of thiazole rings is 1. The van der Waals surface area contributed by atoms with Gasteiger partial charge in [-0.1, -0.05) is 43.3 Å². The highest BCUT2D eigenvalue weighted by Gasteiger charge is 2.21. The Morgan fingerprint density at radius 2 is 1.81 bits per heavy atom. The predicted molar refractivity (Wildman–Crippen MR) is 127 cm³/mol. The zero-order chi connectivity index (χ0) is 21.4. The van der Waals surface area contributed by atoms with Crippen molar-refractivity contribution in [3.8, 4) is 22.4 Å². The van der Waals surface area contributed by atoms with Gasteiger partial charge in [0.1, 0.15) is 11.6 Å². The molecule has 31 heavy (non-hydrogen) atoms. The van der Waals surface area contributed by atoms with Crippen molar-refractivity contribution in [1.82, 2.24) is 19.9 Å². The number of nitrogens with zero attached hydrogens (tertiary/aromatic N) is 4. The zero-order valence-electron chi connectivity index (χ0n) is 17.3. The van der Waals surface area contributed by atoms with Crippen LogP contribution < -0.4 is 5.73 Å². The summed E-state index contributed by atoms with van der Waals surface area (Å²) in [6, 6.07) is 18.7. The smallest absolute Gasteiger partial charge is 0.131 e. The first-order chi connectivity index (χ1) is 15.1. The second-order valence-electron chi connectivity index (χ2n) is 7.54. The Labute approximate surface area is 184 Å². The molecule has 1 atom stereocenters. The van der Waals surface area contributed by atoms with Crippen LogP contribution in [0.4, 0.5) is 5.82 Å². The number of fused-ring (bicyclic) bond motifs is 1. The Bertz CT molecular complexity index is 1380. The minimum atomic E-state index is 0.0179. The highest BCUT2D eigenvalue weighted by atomic mass is 32.1. The second-order valence-corrected chi connectivity index (χ2v) is 8.43. The van der Waals surface area contributed by atoms with Crippen LogP contribution in [0.25, 0.3) is 32.6 Å². The Balaban J connectivity index is 1.63. The molecule has 0 saturated heterocycles. The number of aryl methyl sites for hydroxylation is 1. The van der Waals surface area contributed by atoms with E-state index in [9.17, 15) is 0 Å². The maximum atomic E-state index is 6.47. The fourth-order valence-electron chi connectivity index (χ4n) is 3.94. The number of pyridine rings is 1. The molecule has 3 heterocycles. The third-order valence-corrected chi connectivity index (χ3v) is 6.30. The number of hydrogen-bond donors (Lipinski definition) is 1. The Hall–Kier alpha value is -3.64. The highest BCUT2D eigenvalue weighted by Crippen LogP contribution is 2.37. The lowest BCUT2D eigenvalue weighted by Crippen LogP contribution is -2.09. The van der Waals surface area contributed by atoms with E-state index in [-0.39, 0.29) is 5.92 Å². The van der Waals surface area contributed by atoms with Crippen molar-refractivity contribution in [2.24, 2.45) is 0 Å². The van der Waals surface area contributed by atoms with E-state index in [0.29, 0.717) is 11.6 Å². The summed E-state index contributed by atoms with van der Waals surface area (Å²) in [7, 11) is 0. The van der Waals surface area contributed by atoms with Gasteiger partial charge in [0.15, 0.2) is 0 Å². The normalized spacial score (nSPS) is 12.2. The maximum absolute atomic E-state index is 6.47. The molecule has 0 fully saturated rings. The molecule has 6 heteroatoms. The Morgan fingerprint density at radius 1 is 0.935 bits per heavy atom. The molecule has 0 bridgehead atoms. The lowest BCUT2D eigenvalue weighted by Gasteiger charge is -2.19. The summed E-state index contributed by atoms with van der Waals surface area (Å²) in [5.74, 6) is 1.20. The van der Waals surface area contributed by atoms with Crippen LogP contribution in [-0.2, 0) is 0 Å². The van der Waals surface area contributed by atoms with E-state index in [2.05, 4.69) is 64.3 Å². The van der Waals surface area contributed by atoms with Crippen LogP contribution in [-0.4, -0.2) is 19.9 Å². The van der Waals surface area contributed by atoms with E-state index in [1.165, 1.54) is 0 Å². The van der Waals surface area contributed by atoms with Crippen molar-refractivity contribution >= 4 is 27.4 Å². The summed E-state index contributed by atoms with van der Waals surface area (Å²) in [5.41, 5.74) is 15.5. The lowest BCUT2D eigenvalue weighted by atomic mass is 9.88. The topological polar surface area (TPSA) is 77.6 Å². The van der Waals surface area contributed by atoms with E-state index in [0.717, 1.165) is 43.7 Å². The fraction of sp³-hybridized carbons (Fsp3) is 0.120. The first-order valence-corrected chi connectivity index (χ1v) is 11.0. The molecule has 3 aromatic heterocycles. The van der Waals surface area contributed by atoms with Crippen molar-refractivity contribution in [2.45, 2.75) is 19.8 Å². The summed E-state index contributed by atoms with van der Waals surface area (Å²) in [6.07, 6.45) is 3.66. The van der Waals surface area contributed by atoms with Gasteiger partial charge in [-0.15, -0.1) is 11.3 Å². The molecule has 5 aromatic rings. The summed E-state index contributed by atoms with van der Waals surface area (Å²) in [5, 5.41) is 0. The summed E-state index contributed by atoms with van der Waals surface area (Å²) in [4.78, 5) is 17.9. The minimum absolute atomic E-state index is 0.0179. The van der Waals surface area contributed by atoms with E-state index < -0.39 is 0 Å². The van der Waals surface area contributed by atoms with E-state index >= 15 is 0 Å². The van der Waals surface area contributed by atoms with Gasteiger partial charge in [0.25, 0.3) is 0 Å². The Kier molecular flexibility index (Phi) is 4.92. The van der Waals surface area contributed by atoms with Gasteiger partial charge in [-0.05, 0) is 41.8 Å². The molecule has 0 spiro atoms. The molecule has 0 amide bonds. The molecule has 0 aliphatic rings. The number of nitrogen functional groups attached to an aromatic ring is 1. The molecule has 0 aliphatic heterocycles. The zero-order valence-corrected chi connectivity index (χ0v) is 18.1. The quantitative estimate of drug-likeness (QED) is 0.392. The number of benzene rings is 2. The summed E-state index contributed by atoms with van der Waals surface area (Å²) < 4.78 is 1.13. The SMILES string of the molecule is Cc1nc(N)c(C(C)c2cccc(-c3cccnc3)c2)c(-c2ccc3ncsc3c2)n1. The van der Waals surface area contributed by atoms with Gasteiger partial charge in [0.05, 0.1) is 21.4 Å². The standard InChI is InChI=1S/C25H21N5S/c1-15(17-5-3-6-18(11-17)20-7-4-10-27-13-20)23-24(29-16(2)30-25(23)26)19-8-9-21-22(12-19)31-14-28-21/h3-15H,1-2H3,(H2,26,29,30). The van der Waals surface area contributed by atoms with Gasteiger partial charge in [0, 0.05) is 29.4 Å². The number of anilines is 1. The van der Waals surface area contributed by atoms with E-state index in [4.69, 9.17) is 10.7 Å². The van der Waals surface area contributed by atoms with Crippen molar-refractivity contribution < 1.29 is 0 Å². The van der Waals surface area contributed by atoms with Crippen LogP contribution in [0, 0.1) is 6.92 Å². The van der Waals surface area contributed by atoms with Crippen LogP contribution >= 0.6 is 11.3 Å². The third-order valence-electron chi connectivity index (χ3n) is 5.51. The molecule has 2 N–H and O–H groups in total. The van der Waals surface area contributed by atoms with E-state index in [1.807, 2.05) is 30.8 Å². The molecular weight excluding hydrogens is 402 g/mol. The fourth-order valence-corrected chi connectivity index (χ4v) is 4.66. The molecule has 0 radical (unpaired) electrons. The molecule has 0 saturated carbocycles. The molecule has 5 nitrogen and oxygen atoms in total. The first kappa shape index (κ1) is 19.3. The largest absolute Gasteiger partial charge is 0.383 e. The van der Waals surface area contributed by atoms with Gasteiger partial charge in [-0.25, -0.2) is 15.0 Å². The van der Waals surface area contributed by atoms with Crippen LogP contribution in [0.1, 0.15) is 29.8 Å². The average Bonchev–Trinajstić information content (AvgIpc) is 3.27. The highest BCUT2D eigenvalue weighted by molar-refractivity contribution is 7.16. The molecule has 0 aliphatic carbocycles. The predicted octanol–water partition coefficient (Wildman–Crippen LogP) is 5.86. The summed E-state index contributed by atoms with van der Waals surface area (Å²) >= 11 is 1.62. The lowest BCUT2D eigenvalue weighted by molar-refractivity contribution is 0.894. The van der Waals surface area contributed by atoms with Crippen LogP contribution in [0.15, 0.2) is 72.5 Å². The minimum Gasteiger partial charge on any atom is -0.383 e. The molecule has 1 unspecified atom stereocenters. The molecule has 152 valence electrons. The van der Waals surface area contributed by atoms with Crippen LogP contribution in [0.5, 0.6) is 0 Å². The van der Waals surface area contributed by atoms with Gasteiger partial charge in [-0.2, -0.15) is 0 Å². The number of hydrogen-bond acceptors (Lipinski definition) is 6. The average molecular weight is 424 g/mol. The first-order valence-electron chi connectivity index (χ1n) is 10.1. The van der Waals surface area contributed by atoms with Gasteiger partial charge >= 0.3 is 0 Å². The van der Waals surface area contributed by atoms with Gasteiger partial charge < -0.3 is 5.73 Å². The van der Waals surface area contributed by atoms with Crippen molar-refractivity contribution in [3.63, 3.8) is 0 Å². The second kappa shape index (κ2) is 7.89. The third kappa shape index (κ3) is 3.66. The molecular formula is C25H21N5S. The van der Waals surface area contributed by atoms with Gasteiger partial charge in [0.2, 0.25) is 0 Å². The summed E-state index contributed by atoms with van der Waals surface area (Å²) in [6.45, 7) is 4.03. The van der Waals surface area contributed by atoms with Gasteiger partial charge in [-0.3, -0.25) is 4.98 Å². The number of nitrogens with two attached hydrogens (primary N) is 1. The van der Waals surface area contributed by atoms with Crippen LogP contribution in [0.3, 0.4) is 0 Å². The molecule has 2 aromatic carbocycles. The van der Waals surface area contributed by atoms with E-state index in [1.54, 1.807) is 17.5 Å². The van der Waals surface area contributed by atoms with Crippen molar-refractivity contribution in [3.05, 3.63) is 89.5 Å².